The Bertz CT molecular complexity index is 584. The van der Waals surface area contributed by atoms with E-state index in [0.29, 0.717) is 0 Å². The molecule has 2 rings (SSSR count). The molecular formula is C21H36N4O2. The molecule has 27 heavy (non-hydrogen) atoms. The molecule has 0 aromatic heterocycles. The average molecular weight is 377 g/mol. The zero-order valence-corrected chi connectivity index (χ0v) is 17.1. The molecule has 6 heteroatoms. The van der Waals surface area contributed by atoms with Crippen molar-refractivity contribution in [3.05, 3.63) is 29.3 Å². The minimum Gasteiger partial charge on any atom is -0.496 e. The number of benzene rings is 1. The summed E-state index contributed by atoms with van der Waals surface area (Å²) in [7, 11) is 1.72. The van der Waals surface area contributed by atoms with Gasteiger partial charge in [-0.25, -0.2) is 0 Å². The summed E-state index contributed by atoms with van der Waals surface area (Å²) in [6, 6.07) is 6.29. The molecule has 0 saturated carbocycles. The highest BCUT2D eigenvalue weighted by Crippen LogP contribution is 2.19. The van der Waals surface area contributed by atoms with Crippen molar-refractivity contribution in [3.63, 3.8) is 0 Å². The first kappa shape index (κ1) is 21.5. The second-order valence-electron chi connectivity index (χ2n) is 7.18. The molecule has 1 saturated heterocycles. The molecule has 0 aliphatic carbocycles. The van der Waals surface area contributed by atoms with Gasteiger partial charge in [0, 0.05) is 32.7 Å². The SMILES string of the molecule is CCNC(=NCCCN1CCC(O)CC1)NCCc1cc(C)ccc1OC. The van der Waals surface area contributed by atoms with E-state index >= 15 is 0 Å². The lowest BCUT2D eigenvalue weighted by molar-refractivity contribution is 0.0824. The van der Waals surface area contributed by atoms with Gasteiger partial charge in [0.25, 0.3) is 0 Å². The van der Waals surface area contributed by atoms with Crippen molar-refractivity contribution >= 4 is 5.96 Å². The van der Waals surface area contributed by atoms with Crippen molar-refractivity contribution in [1.82, 2.24) is 15.5 Å². The van der Waals surface area contributed by atoms with E-state index in [1.807, 2.05) is 6.07 Å². The Morgan fingerprint density at radius 1 is 1.30 bits per heavy atom. The Kier molecular flexibility index (Phi) is 9.42. The monoisotopic (exact) mass is 376 g/mol. The maximum Gasteiger partial charge on any atom is 0.191 e. The number of guanidine groups is 1. The van der Waals surface area contributed by atoms with Gasteiger partial charge in [-0.2, -0.15) is 0 Å². The van der Waals surface area contributed by atoms with E-state index in [-0.39, 0.29) is 6.10 Å². The van der Waals surface area contributed by atoms with Crippen molar-refractivity contribution in [1.29, 1.82) is 0 Å². The third-order valence-electron chi connectivity index (χ3n) is 4.93. The number of aliphatic hydroxyl groups is 1. The lowest BCUT2D eigenvalue weighted by Crippen LogP contribution is -2.39. The summed E-state index contributed by atoms with van der Waals surface area (Å²) in [4.78, 5) is 7.11. The topological polar surface area (TPSA) is 69.1 Å². The van der Waals surface area contributed by atoms with Gasteiger partial charge in [0.2, 0.25) is 0 Å². The van der Waals surface area contributed by atoms with Gasteiger partial charge in [0.15, 0.2) is 5.96 Å². The van der Waals surface area contributed by atoms with Gasteiger partial charge in [-0.3, -0.25) is 4.99 Å². The minimum absolute atomic E-state index is 0.101. The maximum absolute atomic E-state index is 9.57. The zero-order chi connectivity index (χ0) is 19.5. The molecule has 0 unspecified atom stereocenters. The summed E-state index contributed by atoms with van der Waals surface area (Å²) in [5, 5.41) is 16.3. The molecule has 1 heterocycles. The summed E-state index contributed by atoms with van der Waals surface area (Å²) < 4.78 is 5.46. The van der Waals surface area contributed by atoms with Gasteiger partial charge in [0.1, 0.15) is 5.75 Å². The fourth-order valence-corrected chi connectivity index (χ4v) is 3.39. The molecule has 1 aliphatic heterocycles. The van der Waals surface area contributed by atoms with Gasteiger partial charge in [0.05, 0.1) is 13.2 Å². The number of rotatable bonds is 9. The molecule has 0 amide bonds. The summed E-state index contributed by atoms with van der Waals surface area (Å²) in [6.45, 7) is 9.71. The van der Waals surface area contributed by atoms with E-state index in [9.17, 15) is 5.11 Å². The quantitative estimate of drug-likeness (QED) is 0.349. The Balaban J connectivity index is 1.74. The van der Waals surface area contributed by atoms with Crippen molar-refractivity contribution in [2.24, 2.45) is 4.99 Å². The van der Waals surface area contributed by atoms with Gasteiger partial charge in [-0.05, 0) is 57.7 Å². The molecule has 0 atom stereocenters. The third-order valence-corrected chi connectivity index (χ3v) is 4.93. The predicted octanol–water partition coefficient (Wildman–Crippen LogP) is 1.95. The van der Waals surface area contributed by atoms with Crippen LogP contribution in [0.25, 0.3) is 0 Å². The number of aliphatic imine (C=N–C) groups is 1. The first-order valence-corrected chi connectivity index (χ1v) is 10.2. The van der Waals surface area contributed by atoms with E-state index in [4.69, 9.17) is 9.73 Å². The number of nitrogens with one attached hydrogen (secondary N) is 2. The van der Waals surface area contributed by atoms with Crippen LogP contribution in [-0.2, 0) is 6.42 Å². The highest BCUT2D eigenvalue weighted by molar-refractivity contribution is 5.79. The van der Waals surface area contributed by atoms with Crippen LogP contribution >= 0.6 is 0 Å². The predicted molar refractivity (Wildman–Crippen MR) is 112 cm³/mol. The minimum atomic E-state index is -0.101. The smallest absolute Gasteiger partial charge is 0.191 e. The van der Waals surface area contributed by atoms with E-state index in [0.717, 1.165) is 76.7 Å². The van der Waals surface area contributed by atoms with E-state index < -0.39 is 0 Å². The average Bonchev–Trinajstić information content (AvgIpc) is 2.67. The lowest BCUT2D eigenvalue weighted by atomic mass is 10.1. The molecule has 1 aromatic rings. The molecule has 1 aromatic carbocycles. The van der Waals surface area contributed by atoms with E-state index in [1.54, 1.807) is 7.11 Å². The number of methoxy groups -OCH3 is 1. The largest absolute Gasteiger partial charge is 0.496 e. The van der Waals surface area contributed by atoms with Crippen molar-refractivity contribution < 1.29 is 9.84 Å². The van der Waals surface area contributed by atoms with Crippen LogP contribution in [0.3, 0.4) is 0 Å². The Morgan fingerprint density at radius 3 is 2.78 bits per heavy atom. The number of ether oxygens (including phenoxy) is 1. The fraction of sp³-hybridized carbons (Fsp3) is 0.667. The summed E-state index contributed by atoms with van der Waals surface area (Å²) in [5.41, 5.74) is 2.46. The Morgan fingerprint density at radius 2 is 2.07 bits per heavy atom. The molecule has 6 nitrogen and oxygen atoms in total. The third kappa shape index (κ3) is 7.77. The zero-order valence-electron chi connectivity index (χ0n) is 17.1. The lowest BCUT2D eigenvalue weighted by Gasteiger charge is -2.29. The number of likely N-dealkylation sites (tertiary alicyclic amines) is 1. The Hall–Kier alpha value is -1.79. The van der Waals surface area contributed by atoms with Crippen LogP contribution in [0.4, 0.5) is 0 Å². The van der Waals surface area contributed by atoms with Crippen LogP contribution in [0.15, 0.2) is 23.2 Å². The van der Waals surface area contributed by atoms with Crippen LogP contribution in [-0.4, -0.2) is 68.4 Å². The van der Waals surface area contributed by atoms with E-state index in [1.165, 1.54) is 11.1 Å². The summed E-state index contributed by atoms with van der Waals surface area (Å²) in [5.74, 6) is 1.81. The van der Waals surface area contributed by atoms with Crippen LogP contribution in [0, 0.1) is 6.92 Å². The van der Waals surface area contributed by atoms with Crippen molar-refractivity contribution in [3.8, 4) is 5.75 Å². The Labute approximate surface area is 164 Å². The van der Waals surface area contributed by atoms with Crippen LogP contribution < -0.4 is 15.4 Å². The number of nitrogens with zero attached hydrogens (tertiary/aromatic N) is 2. The van der Waals surface area contributed by atoms with Gasteiger partial charge < -0.3 is 25.4 Å². The van der Waals surface area contributed by atoms with Crippen LogP contribution in [0.5, 0.6) is 5.75 Å². The van der Waals surface area contributed by atoms with Gasteiger partial charge in [-0.15, -0.1) is 0 Å². The number of aryl methyl sites for hydroxylation is 1. The summed E-state index contributed by atoms with van der Waals surface area (Å²) >= 11 is 0. The molecule has 1 fully saturated rings. The van der Waals surface area contributed by atoms with Gasteiger partial charge >= 0.3 is 0 Å². The number of hydrogen-bond acceptors (Lipinski definition) is 4. The second kappa shape index (κ2) is 11.8. The normalized spacial score (nSPS) is 16.4. The van der Waals surface area contributed by atoms with Crippen molar-refractivity contribution in [2.75, 3.05) is 46.4 Å². The maximum atomic E-state index is 9.57. The first-order valence-electron chi connectivity index (χ1n) is 10.2. The number of aliphatic hydroxyl groups excluding tert-OH is 1. The molecule has 0 spiro atoms. The molecule has 152 valence electrons. The van der Waals surface area contributed by atoms with Gasteiger partial charge in [-0.1, -0.05) is 17.7 Å². The molecule has 3 N–H and O–H groups in total. The second-order valence-corrected chi connectivity index (χ2v) is 7.18. The standard InChI is InChI=1S/C21H36N4O2/c1-4-22-21(23-11-5-13-25-14-9-19(26)10-15-25)24-12-8-18-16-17(2)6-7-20(18)27-3/h6-7,16,19,26H,4-5,8-15H2,1-3H3,(H2,22,23,24). The van der Waals surface area contributed by atoms with E-state index in [2.05, 4.69) is 41.5 Å². The van der Waals surface area contributed by atoms with Crippen molar-refractivity contribution in [2.45, 2.75) is 45.6 Å². The highest BCUT2D eigenvalue weighted by Gasteiger charge is 2.15. The fourth-order valence-electron chi connectivity index (χ4n) is 3.39. The highest BCUT2D eigenvalue weighted by atomic mass is 16.5. The molecule has 0 bridgehead atoms. The number of piperidine rings is 1. The number of hydrogen-bond donors (Lipinski definition) is 3. The van der Waals surface area contributed by atoms with Crippen LogP contribution in [0.1, 0.15) is 37.3 Å². The first-order chi connectivity index (χ1) is 13.1. The molecular weight excluding hydrogens is 340 g/mol. The molecule has 1 aliphatic rings. The molecule has 0 radical (unpaired) electrons. The summed E-state index contributed by atoms with van der Waals surface area (Å²) in [6.07, 6.45) is 3.63. The van der Waals surface area contributed by atoms with Crippen LogP contribution in [0.2, 0.25) is 0 Å².